The standard InChI is InChI=1S/C20H26N2O4S/c1-25-14-15-26-19-6-8-20(9-7-19)27(23,24)21-11-13-22-12-10-17-4-2-3-5-18(17)16-22/h2-9,21H,10-16H2,1H3. The zero-order valence-electron chi connectivity index (χ0n) is 15.6. The predicted octanol–water partition coefficient (Wildman–Crippen LogP) is 2.05. The van der Waals surface area contributed by atoms with E-state index in [4.69, 9.17) is 9.47 Å². The van der Waals surface area contributed by atoms with Gasteiger partial charge in [-0.05, 0) is 41.8 Å². The minimum atomic E-state index is -3.52. The van der Waals surface area contributed by atoms with E-state index in [9.17, 15) is 8.42 Å². The fourth-order valence-corrected chi connectivity index (χ4v) is 4.15. The van der Waals surface area contributed by atoms with E-state index in [1.165, 1.54) is 11.1 Å². The van der Waals surface area contributed by atoms with E-state index in [1.807, 2.05) is 6.07 Å². The molecule has 0 amide bonds. The number of benzene rings is 2. The minimum absolute atomic E-state index is 0.241. The molecule has 0 radical (unpaired) electrons. The molecule has 0 saturated carbocycles. The number of ether oxygens (including phenoxy) is 2. The van der Waals surface area contributed by atoms with Crippen molar-refractivity contribution in [2.45, 2.75) is 17.9 Å². The third kappa shape index (κ3) is 5.52. The molecular weight excluding hydrogens is 364 g/mol. The van der Waals surface area contributed by atoms with Gasteiger partial charge in [-0.3, -0.25) is 4.90 Å². The first-order chi connectivity index (χ1) is 13.1. The number of nitrogens with one attached hydrogen (secondary N) is 1. The summed E-state index contributed by atoms with van der Waals surface area (Å²) in [5, 5.41) is 0. The molecule has 2 aromatic rings. The summed E-state index contributed by atoms with van der Waals surface area (Å²) in [5.41, 5.74) is 2.72. The fourth-order valence-electron chi connectivity index (χ4n) is 3.12. The molecule has 146 valence electrons. The molecule has 0 saturated heterocycles. The highest BCUT2D eigenvalue weighted by Crippen LogP contribution is 2.18. The number of rotatable bonds is 9. The molecule has 0 unspecified atom stereocenters. The van der Waals surface area contributed by atoms with E-state index in [2.05, 4.69) is 27.8 Å². The van der Waals surface area contributed by atoms with Crippen molar-refractivity contribution in [2.24, 2.45) is 0 Å². The molecule has 1 aliphatic heterocycles. The number of sulfonamides is 1. The maximum atomic E-state index is 12.5. The van der Waals surface area contributed by atoms with Crippen molar-refractivity contribution in [3.05, 3.63) is 59.7 Å². The first-order valence-corrected chi connectivity index (χ1v) is 10.6. The summed E-state index contributed by atoms with van der Waals surface area (Å²) < 4.78 is 38.0. The zero-order valence-corrected chi connectivity index (χ0v) is 16.4. The highest BCUT2D eigenvalue weighted by molar-refractivity contribution is 7.89. The van der Waals surface area contributed by atoms with Gasteiger partial charge >= 0.3 is 0 Å². The van der Waals surface area contributed by atoms with Crippen molar-refractivity contribution in [3.63, 3.8) is 0 Å². The van der Waals surface area contributed by atoms with Crippen molar-refractivity contribution in [3.8, 4) is 5.75 Å². The van der Waals surface area contributed by atoms with Crippen LogP contribution in [0.3, 0.4) is 0 Å². The quantitative estimate of drug-likeness (QED) is 0.664. The number of nitrogens with zero attached hydrogens (tertiary/aromatic N) is 1. The van der Waals surface area contributed by atoms with Crippen LogP contribution < -0.4 is 9.46 Å². The van der Waals surface area contributed by atoms with Gasteiger partial charge < -0.3 is 9.47 Å². The van der Waals surface area contributed by atoms with Gasteiger partial charge in [-0.15, -0.1) is 0 Å². The summed E-state index contributed by atoms with van der Waals surface area (Å²) in [7, 11) is -1.92. The Hall–Kier alpha value is -1.93. The van der Waals surface area contributed by atoms with Gasteiger partial charge in [0.1, 0.15) is 12.4 Å². The lowest BCUT2D eigenvalue weighted by Gasteiger charge is -2.28. The van der Waals surface area contributed by atoms with E-state index >= 15 is 0 Å². The van der Waals surface area contributed by atoms with Gasteiger partial charge in [0.25, 0.3) is 0 Å². The topological polar surface area (TPSA) is 67.9 Å². The second-order valence-corrected chi connectivity index (χ2v) is 8.27. The highest BCUT2D eigenvalue weighted by atomic mass is 32.2. The van der Waals surface area contributed by atoms with Crippen molar-refractivity contribution < 1.29 is 17.9 Å². The minimum Gasteiger partial charge on any atom is -0.491 e. The van der Waals surface area contributed by atoms with Crippen molar-refractivity contribution >= 4 is 10.0 Å². The third-order valence-corrected chi connectivity index (χ3v) is 6.10. The van der Waals surface area contributed by atoms with E-state index < -0.39 is 10.0 Å². The molecule has 27 heavy (non-hydrogen) atoms. The monoisotopic (exact) mass is 390 g/mol. The largest absolute Gasteiger partial charge is 0.491 e. The molecule has 0 spiro atoms. The van der Waals surface area contributed by atoms with Gasteiger partial charge in [-0.25, -0.2) is 13.1 Å². The molecule has 0 aliphatic carbocycles. The number of hydrogen-bond donors (Lipinski definition) is 1. The molecule has 7 heteroatoms. The van der Waals surface area contributed by atoms with Gasteiger partial charge in [0.05, 0.1) is 11.5 Å². The highest BCUT2D eigenvalue weighted by Gasteiger charge is 2.17. The molecule has 0 aromatic heterocycles. The van der Waals surface area contributed by atoms with Crippen LogP contribution in [0.1, 0.15) is 11.1 Å². The van der Waals surface area contributed by atoms with Gasteiger partial charge in [0, 0.05) is 33.3 Å². The Morgan fingerprint density at radius 3 is 2.52 bits per heavy atom. The fraction of sp³-hybridized carbons (Fsp3) is 0.400. The number of methoxy groups -OCH3 is 1. The second kappa shape index (κ2) is 9.32. The summed E-state index contributed by atoms with van der Waals surface area (Å²) in [6.07, 6.45) is 1.01. The van der Waals surface area contributed by atoms with E-state index in [-0.39, 0.29) is 4.90 Å². The van der Waals surface area contributed by atoms with Gasteiger partial charge in [-0.1, -0.05) is 24.3 Å². The average Bonchev–Trinajstić information content (AvgIpc) is 2.68. The molecule has 0 fully saturated rings. The van der Waals surface area contributed by atoms with Crippen LogP contribution in [0.25, 0.3) is 0 Å². The SMILES string of the molecule is COCCOc1ccc(S(=O)(=O)NCCN2CCc3ccccc3C2)cc1. The summed E-state index contributed by atoms with van der Waals surface area (Å²) in [6, 6.07) is 14.9. The third-order valence-electron chi connectivity index (χ3n) is 4.62. The predicted molar refractivity (Wildman–Crippen MR) is 104 cm³/mol. The van der Waals surface area contributed by atoms with Crippen molar-refractivity contribution in [2.75, 3.05) is 40.0 Å². The lowest BCUT2D eigenvalue weighted by molar-refractivity contribution is 0.146. The van der Waals surface area contributed by atoms with E-state index in [0.717, 1.165) is 19.5 Å². The average molecular weight is 391 g/mol. The summed E-state index contributed by atoms with van der Waals surface area (Å²) >= 11 is 0. The number of hydrogen-bond acceptors (Lipinski definition) is 5. The summed E-state index contributed by atoms with van der Waals surface area (Å²) in [5.74, 6) is 0.623. The van der Waals surface area contributed by atoms with Gasteiger partial charge in [0.15, 0.2) is 0 Å². The molecule has 1 heterocycles. The van der Waals surface area contributed by atoms with Crippen LogP contribution in [-0.2, 0) is 27.7 Å². The lowest BCUT2D eigenvalue weighted by atomic mass is 10.0. The van der Waals surface area contributed by atoms with Crippen LogP contribution in [0, 0.1) is 0 Å². The second-order valence-electron chi connectivity index (χ2n) is 6.51. The molecule has 1 aliphatic rings. The zero-order chi connectivity index (χ0) is 19.1. The van der Waals surface area contributed by atoms with Crippen molar-refractivity contribution in [1.82, 2.24) is 9.62 Å². The Morgan fingerprint density at radius 1 is 1.04 bits per heavy atom. The molecule has 0 bridgehead atoms. The smallest absolute Gasteiger partial charge is 0.240 e. The van der Waals surface area contributed by atoms with E-state index in [1.54, 1.807) is 31.4 Å². The van der Waals surface area contributed by atoms with Crippen LogP contribution in [0.15, 0.2) is 53.4 Å². The van der Waals surface area contributed by atoms with Crippen LogP contribution >= 0.6 is 0 Å². The van der Waals surface area contributed by atoms with Gasteiger partial charge in [0.2, 0.25) is 10.0 Å². The van der Waals surface area contributed by atoms with Crippen LogP contribution in [0.4, 0.5) is 0 Å². The molecule has 2 aromatic carbocycles. The first kappa shape index (κ1) is 19.8. The summed E-state index contributed by atoms with van der Waals surface area (Å²) in [6.45, 7) is 3.81. The van der Waals surface area contributed by atoms with Gasteiger partial charge in [-0.2, -0.15) is 0 Å². The Balaban J connectivity index is 1.49. The first-order valence-electron chi connectivity index (χ1n) is 9.09. The molecule has 0 atom stereocenters. The van der Waals surface area contributed by atoms with E-state index in [0.29, 0.717) is 32.1 Å². The van der Waals surface area contributed by atoms with Crippen LogP contribution in [-0.4, -0.2) is 53.3 Å². The Labute approximate surface area is 161 Å². The van der Waals surface area contributed by atoms with Crippen LogP contribution in [0.5, 0.6) is 5.75 Å². The summed E-state index contributed by atoms with van der Waals surface area (Å²) in [4.78, 5) is 2.52. The molecular formula is C20H26N2O4S. The maximum absolute atomic E-state index is 12.5. The molecule has 3 rings (SSSR count). The lowest BCUT2D eigenvalue weighted by Crippen LogP contribution is -2.37. The maximum Gasteiger partial charge on any atom is 0.240 e. The van der Waals surface area contributed by atoms with Crippen molar-refractivity contribution in [1.29, 1.82) is 0 Å². The molecule has 6 nitrogen and oxygen atoms in total. The van der Waals surface area contributed by atoms with Crippen LogP contribution in [0.2, 0.25) is 0 Å². The Bertz CT molecular complexity index is 837. The number of fused-ring (bicyclic) bond motifs is 1. The molecule has 1 N–H and O–H groups in total. The Morgan fingerprint density at radius 2 is 1.78 bits per heavy atom. The normalized spacial score (nSPS) is 14.7. The Kier molecular flexibility index (Phi) is 6.84.